The number of fused-ring (bicyclic) bond motifs is 1. The van der Waals surface area contributed by atoms with Crippen molar-refractivity contribution in [3.8, 4) is 5.75 Å². The maximum atomic E-state index is 11.4. The molecule has 2 rings (SSSR count). The Bertz CT molecular complexity index is 590. The highest BCUT2D eigenvalue weighted by Crippen LogP contribution is 2.21. The molecule has 5 nitrogen and oxygen atoms in total. The van der Waals surface area contributed by atoms with E-state index in [1.54, 1.807) is 14.0 Å². The fraction of sp³-hybridized carbons (Fsp3) is 0.429. The molecule has 0 saturated heterocycles. The van der Waals surface area contributed by atoms with Crippen LogP contribution in [0.1, 0.15) is 19.2 Å². The lowest BCUT2D eigenvalue weighted by Crippen LogP contribution is -2.07. The van der Waals surface area contributed by atoms with Gasteiger partial charge < -0.3 is 14.0 Å². The van der Waals surface area contributed by atoms with Crippen molar-refractivity contribution in [3.63, 3.8) is 0 Å². The van der Waals surface area contributed by atoms with E-state index >= 15 is 0 Å². The van der Waals surface area contributed by atoms with Gasteiger partial charge in [0.05, 0.1) is 31.2 Å². The number of carbonyl (C=O) groups excluding carboxylic acids is 1. The summed E-state index contributed by atoms with van der Waals surface area (Å²) >= 11 is 0. The predicted molar refractivity (Wildman–Crippen MR) is 72.2 cm³/mol. The highest BCUT2D eigenvalue weighted by Gasteiger charge is 2.10. The molecule has 1 aromatic carbocycles. The number of aryl methyl sites for hydroxylation is 2. The molecule has 2 aromatic rings. The van der Waals surface area contributed by atoms with Crippen LogP contribution in [0.3, 0.4) is 0 Å². The number of carbonyl (C=O) groups is 1. The second-order valence-corrected chi connectivity index (χ2v) is 4.25. The Hall–Kier alpha value is -2.04. The quantitative estimate of drug-likeness (QED) is 0.774. The van der Waals surface area contributed by atoms with Gasteiger partial charge in [-0.2, -0.15) is 0 Å². The third-order valence-corrected chi connectivity index (χ3v) is 3.04. The number of nitrogens with zero attached hydrogens (tertiary/aromatic N) is 2. The van der Waals surface area contributed by atoms with E-state index in [0.29, 0.717) is 19.4 Å². The third-order valence-electron chi connectivity index (χ3n) is 3.04. The normalized spacial score (nSPS) is 10.7. The zero-order chi connectivity index (χ0) is 13.8. The Kier molecular flexibility index (Phi) is 4.04. The van der Waals surface area contributed by atoms with Crippen LogP contribution >= 0.6 is 0 Å². The van der Waals surface area contributed by atoms with E-state index in [0.717, 1.165) is 22.6 Å². The number of aromatic nitrogens is 2. The summed E-state index contributed by atoms with van der Waals surface area (Å²) in [6.07, 6.45) is 0.925. The number of benzene rings is 1. The van der Waals surface area contributed by atoms with Crippen LogP contribution in [0.5, 0.6) is 5.75 Å². The van der Waals surface area contributed by atoms with Crippen molar-refractivity contribution < 1.29 is 14.3 Å². The minimum Gasteiger partial charge on any atom is -0.497 e. The van der Waals surface area contributed by atoms with Gasteiger partial charge in [0.2, 0.25) is 0 Å². The van der Waals surface area contributed by atoms with Crippen molar-refractivity contribution in [1.82, 2.24) is 9.55 Å². The number of hydrogen-bond acceptors (Lipinski definition) is 4. The molecular weight excluding hydrogens is 244 g/mol. The fourth-order valence-electron chi connectivity index (χ4n) is 2.03. The molecule has 102 valence electrons. The van der Waals surface area contributed by atoms with E-state index in [1.165, 1.54) is 0 Å². The molecule has 0 unspecified atom stereocenters. The molecule has 0 aliphatic carbocycles. The standard InChI is InChI=1S/C14H18N2O3/c1-4-19-14(17)8-7-13-15-11-9-10(18-3)5-6-12(11)16(13)2/h5-6,9H,4,7-8H2,1-3H3. The van der Waals surface area contributed by atoms with Gasteiger partial charge in [-0.05, 0) is 19.1 Å². The highest BCUT2D eigenvalue weighted by atomic mass is 16.5. The molecule has 19 heavy (non-hydrogen) atoms. The smallest absolute Gasteiger partial charge is 0.306 e. The van der Waals surface area contributed by atoms with Gasteiger partial charge in [-0.15, -0.1) is 0 Å². The van der Waals surface area contributed by atoms with Gasteiger partial charge in [-0.1, -0.05) is 0 Å². The van der Waals surface area contributed by atoms with Crippen molar-refractivity contribution in [2.75, 3.05) is 13.7 Å². The van der Waals surface area contributed by atoms with Gasteiger partial charge in [0, 0.05) is 19.5 Å². The van der Waals surface area contributed by atoms with Crippen molar-refractivity contribution >= 4 is 17.0 Å². The summed E-state index contributed by atoms with van der Waals surface area (Å²) in [4.78, 5) is 15.9. The minimum atomic E-state index is -0.188. The second kappa shape index (κ2) is 5.73. The van der Waals surface area contributed by atoms with Gasteiger partial charge in [0.1, 0.15) is 11.6 Å². The average molecular weight is 262 g/mol. The average Bonchev–Trinajstić information content (AvgIpc) is 2.73. The van der Waals surface area contributed by atoms with Crippen LogP contribution in [-0.4, -0.2) is 29.2 Å². The van der Waals surface area contributed by atoms with E-state index in [9.17, 15) is 4.79 Å². The molecule has 0 aliphatic rings. The Labute approximate surface area is 112 Å². The molecule has 1 heterocycles. The van der Waals surface area contributed by atoms with E-state index in [2.05, 4.69) is 4.98 Å². The van der Waals surface area contributed by atoms with E-state index in [-0.39, 0.29) is 5.97 Å². The van der Waals surface area contributed by atoms with Gasteiger partial charge in [-0.3, -0.25) is 4.79 Å². The Morgan fingerprint density at radius 3 is 2.89 bits per heavy atom. The van der Waals surface area contributed by atoms with E-state index in [4.69, 9.17) is 9.47 Å². The van der Waals surface area contributed by atoms with Gasteiger partial charge in [0.15, 0.2) is 0 Å². The molecule has 0 spiro atoms. The highest BCUT2D eigenvalue weighted by molar-refractivity contribution is 5.78. The maximum absolute atomic E-state index is 11.4. The summed E-state index contributed by atoms with van der Waals surface area (Å²) in [7, 11) is 3.58. The van der Waals surface area contributed by atoms with Crippen LogP contribution < -0.4 is 4.74 Å². The first kappa shape index (κ1) is 13.4. The van der Waals surface area contributed by atoms with Crippen molar-refractivity contribution in [2.24, 2.45) is 7.05 Å². The lowest BCUT2D eigenvalue weighted by atomic mass is 10.3. The first-order chi connectivity index (χ1) is 9.15. The number of ether oxygens (including phenoxy) is 2. The zero-order valence-corrected chi connectivity index (χ0v) is 11.5. The number of imidazole rings is 1. The third kappa shape index (κ3) is 2.86. The molecule has 0 bridgehead atoms. The minimum absolute atomic E-state index is 0.188. The lowest BCUT2D eigenvalue weighted by molar-refractivity contribution is -0.143. The molecular formula is C14H18N2O3. The van der Waals surface area contributed by atoms with Crippen LogP contribution in [0.25, 0.3) is 11.0 Å². The van der Waals surface area contributed by atoms with E-state index < -0.39 is 0 Å². The first-order valence-corrected chi connectivity index (χ1v) is 6.30. The predicted octanol–water partition coefficient (Wildman–Crippen LogP) is 2.08. The summed E-state index contributed by atoms with van der Waals surface area (Å²) in [5, 5.41) is 0. The van der Waals surface area contributed by atoms with Crippen LogP contribution in [0.15, 0.2) is 18.2 Å². The van der Waals surface area contributed by atoms with Crippen LogP contribution in [-0.2, 0) is 23.0 Å². The molecule has 1 aromatic heterocycles. The monoisotopic (exact) mass is 262 g/mol. The molecule has 5 heteroatoms. The summed E-state index contributed by atoms with van der Waals surface area (Å²) in [6.45, 7) is 2.22. The Morgan fingerprint density at radius 2 is 2.21 bits per heavy atom. The summed E-state index contributed by atoms with van der Waals surface area (Å²) in [6, 6.07) is 5.76. The van der Waals surface area contributed by atoms with Crippen molar-refractivity contribution in [2.45, 2.75) is 19.8 Å². The lowest BCUT2D eigenvalue weighted by Gasteiger charge is -2.03. The van der Waals surface area contributed by atoms with Crippen LogP contribution in [0.4, 0.5) is 0 Å². The molecule has 0 saturated carbocycles. The molecule has 0 atom stereocenters. The molecule has 0 N–H and O–H groups in total. The molecule has 0 radical (unpaired) electrons. The summed E-state index contributed by atoms with van der Waals surface area (Å²) < 4.78 is 12.1. The molecule has 0 fully saturated rings. The van der Waals surface area contributed by atoms with Gasteiger partial charge in [-0.25, -0.2) is 4.98 Å². The Morgan fingerprint density at radius 1 is 1.42 bits per heavy atom. The van der Waals surface area contributed by atoms with Crippen LogP contribution in [0, 0.1) is 0 Å². The summed E-state index contributed by atoms with van der Waals surface area (Å²) in [5.74, 6) is 1.46. The second-order valence-electron chi connectivity index (χ2n) is 4.25. The number of rotatable bonds is 5. The number of hydrogen-bond donors (Lipinski definition) is 0. The zero-order valence-electron chi connectivity index (χ0n) is 11.5. The van der Waals surface area contributed by atoms with Gasteiger partial charge >= 0.3 is 5.97 Å². The fourth-order valence-corrected chi connectivity index (χ4v) is 2.03. The number of methoxy groups -OCH3 is 1. The summed E-state index contributed by atoms with van der Waals surface area (Å²) in [5.41, 5.74) is 1.90. The molecule has 0 aliphatic heterocycles. The number of esters is 1. The first-order valence-electron chi connectivity index (χ1n) is 6.30. The largest absolute Gasteiger partial charge is 0.497 e. The molecule has 0 amide bonds. The van der Waals surface area contributed by atoms with Crippen LogP contribution in [0.2, 0.25) is 0 Å². The SMILES string of the molecule is CCOC(=O)CCc1nc2cc(OC)ccc2n1C. The Balaban J connectivity index is 2.19. The van der Waals surface area contributed by atoms with Crippen molar-refractivity contribution in [3.05, 3.63) is 24.0 Å². The maximum Gasteiger partial charge on any atom is 0.306 e. The van der Waals surface area contributed by atoms with E-state index in [1.807, 2.05) is 29.8 Å². The van der Waals surface area contributed by atoms with Gasteiger partial charge in [0.25, 0.3) is 0 Å². The van der Waals surface area contributed by atoms with Crippen molar-refractivity contribution in [1.29, 1.82) is 0 Å². The topological polar surface area (TPSA) is 53.4 Å².